The summed E-state index contributed by atoms with van der Waals surface area (Å²) in [6, 6.07) is 0. The van der Waals surface area contributed by atoms with E-state index in [-0.39, 0.29) is 19.0 Å². The Labute approximate surface area is 82.3 Å². The maximum Gasteiger partial charge on any atom is 0.325 e. The Bertz CT molecular complexity index is 246. The lowest BCUT2D eigenvalue weighted by Crippen LogP contribution is -2.44. The molecule has 1 atom stereocenters. The summed E-state index contributed by atoms with van der Waals surface area (Å²) < 4.78 is 10.4. The molecule has 0 spiro atoms. The Kier molecular flexibility index (Phi) is 4.74. The van der Waals surface area contributed by atoms with E-state index in [1.807, 2.05) is 0 Å². The monoisotopic (exact) mass is 225 g/mol. The first-order chi connectivity index (χ1) is 6.15. The summed E-state index contributed by atoms with van der Waals surface area (Å²) >= 11 is 0. The molecule has 0 rings (SSSR count). The van der Waals surface area contributed by atoms with Crippen LogP contribution in [0.5, 0.6) is 0 Å². The number of hydrogen-bond donors (Lipinski definition) is 4. The first-order valence-electron chi connectivity index (χ1n) is 4.22. The fourth-order valence-electron chi connectivity index (χ4n) is 0.917. The molecule has 0 fully saturated rings. The van der Waals surface area contributed by atoms with E-state index in [4.69, 9.17) is 20.6 Å². The second-order valence-corrected chi connectivity index (χ2v) is 5.34. The van der Waals surface area contributed by atoms with Gasteiger partial charge >= 0.3 is 13.6 Å². The molecule has 0 bridgehead atoms. The molecule has 0 radical (unpaired) electrons. The molecule has 0 saturated carbocycles. The molecule has 7 heteroatoms. The highest BCUT2D eigenvalue weighted by Gasteiger charge is 2.27. The average molecular weight is 225 g/mol. The van der Waals surface area contributed by atoms with E-state index in [9.17, 15) is 9.36 Å². The van der Waals surface area contributed by atoms with Crippen molar-refractivity contribution in [1.82, 2.24) is 0 Å². The van der Waals surface area contributed by atoms with Crippen LogP contribution in [0.25, 0.3) is 0 Å². The molecule has 0 amide bonds. The lowest BCUT2D eigenvalue weighted by Gasteiger charge is -2.18. The van der Waals surface area contributed by atoms with Crippen LogP contribution in [0.1, 0.15) is 26.2 Å². The molecule has 0 aromatic carbocycles. The van der Waals surface area contributed by atoms with Gasteiger partial charge in [-0.3, -0.25) is 9.36 Å². The zero-order chi connectivity index (χ0) is 11.4. The number of carboxylic acid groups (broad SMARTS) is 1. The average Bonchev–Trinajstić information content (AvgIpc) is 1.96. The highest BCUT2D eigenvalue weighted by Crippen LogP contribution is 2.35. The molecule has 0 aromatic heterocycles. The van der Waals surface area contributed by atoms with Crippen molar-refractivity contribution < 1.29 is 24.3 Å². The van der Waals surface area contributed by atoms with Gasteiger partial charge in [0.15, 0.2) is 0 Å². The molecule has 5 N–H and O–H groups in total. The van der Waals surface area contributed by atoms with Gasteiger partial charge in [-0.05, 0) is 19.8 Å². The van der Waals surface area contributed by atoms with Gasteiger partial charge in [-0.2, -0.15) is 0 Å². The van der Waals surface area contributed by atoms with Crippen molar-refractivity contribution in [2.75, 3.05) is 6.16 Å². The Morgan fingerprint density at radius 1 is 1.43 bits per heavy atom. The van der Waals surface area contributed by atoms with Crippen molar-refractivity contribution in [3.8, 4) is 0 Å². The molecule has 0 saturated heterocycles. The number of hydrogen-bond acceptors (Lipinski definition) is 3. The third kappa shape index (κ3) is 6.10. The Hall–Kier alpha value is -0.420. The van der Waals surface area contributed by atoms with Gasteiger partial charge in [0.25, 0.3) is 0 Å². The number of rotatable bonds is 6. The van der Waals surface area contributed by atoms with Crippen LogP contribution < -0.4 is 5.73 Å². The minimum Gasteiger partial charge on any atom is -0.480 e. The highest BCUT2D eigenvalue weighted by molar-refractivity contribution is 7.51. The summed E-state index contributed by atoms with van der Waals surface area (Å²) in [6.45, 7) is 1.38. The van der Waals surface area contributed by atoms with Gasteiger partial charge < -0.3 is 20.6 Å². The van der Waals surface area contributed by atoms with Crippen molar-refractivity contribution in [2.45, 2.75) is 31.7 Å². The smallest absolute Gasteiger partial charge is 0.325 e. The summed E-state index contributed by atoms with van der Waals surface area (Å²) in [5.41, 5.74) is 4.11. The van der Waals surface area contributed by atoms with Crippen LogP contribution in [-0.4, -0.2) is 32.6 Å². The molecular formula is C7H16NO5P. The summed E-state index contributed by atoms with van der Waals surface area (Å²) in [5.74, 6) is -1.10. The van der Waals surface area contributed by atoms with Crippen molar-refractivity contribution in [3.63, 3.8) is 0 Å². The van der Waals surface area contributed by atoms with Crippen molar-refractivity contribution >= 4 is 13.6 Å². The van der Waals surface area contributed by atoms with E-state index in [0.29, 0.717) is 6.42 Å². The van der Waals surface area contributed by atoms with Crippen LogP contribution in [0.2, 0.25) is 0 Å². The van der Waals surface area contributed by atoms with E-state index in [1.165, 1.54) is 6.92 Å². The van der Waals surface area contributed by atoms with Gasteiger partial charge in [-0.25, -0.2) is 0 Å². The van der Waals surface area contributed by atoms with E-state index in [2.05, 4.69) is 0 Å². The van der Waals surface area contributed by atoms with Crippen LogP contribution in [0.3, 0.4) is 0 Å². The zero-order valence-corrected chi connectivity index (χ0v) is 8.91. The third-order valence-corrected chi connectivity index (χ3v) is 2.78. The fourth-order valence-corrected chi connectivity index (χ4v) is 1.55. The lowest BCUT2D eigenvalue weighted by molar-refractivity contribution is -0.142. The largest absolute Gasteiger partial charge is 0.480 e. The molecule has 0 aromatic rings. The minimum atomic E-state index is -3.96. The van der Waals surface area contributed by atoms with Crippen LogP contribution >= 0.6 is 7.60 Å². The van der Waals surface area contributed by atoms with Crippen molar-refractivity contribution in [2.24, 2.45) is 5.73 Å². The number of aliphatic carboxylic acids is 1. The Morgan fingerprint density at radius 2 is 1.93 bits per heavy atom. The molecule has 0 aliphatic rings. The van der Waals surface area contributed by atoms with Gasteiger partial charge in [0.2, 0.25) is 0 Å². The molecular weight excluding hydrogens is 209 g/mol. The Morgan fingerprint density at radius 3 is 2.29 bits per heavy atom. The summed E-state index contributed by atoms with van der Waals surface area (Å²) in [5, 5.41) is 8.62. The fraction of sp³-hybridized carbons (Fsp3) is 0.857. The number of carboxylic acids is 1. The minimum absolute atomic E-state index is 0.211. The first-order valence-corrected chi connectivity index (χ1v) is 6.02. The number of nitrogens with two attached hydrogens (primary N) is 1. The predicted molar refractivity (Wildman–Crippen MR) is 51.0 cm³/mol. The van der Waals surface area contributed by atoms with Crippen LogP contribution in [0.15, 0.2) is 0 Å². The Balaban J connectivity index is 3.76. The number of carbonyl (C=O) groups is 1. The number of unbranched alkanes of at least 4 members (excludes halogenated alkanes) is 1. The lowest BCUT2D eigenvalue weighted by atomic mass is 9.97. The molecule has 84 valence electrons. The van der Waals surface area contributed by atoms with E-state index < -0.39 is 19.1 Å². The van der Waals surface area contributed by atoms with E-state index in [1.54, 1.807) is 0 Å². The molecule has 14 heavy (non-hydrogen) atoms. The summed E-state index contributed by atoms with van der Waals surface area (Å²) in [4.78, 5) is 27.6. The molecule has 0 heterocycles. The van der Waals surface area contributed by atoms with Crippen LogP contribution in [-0.2, 0) is 9.36 Å². The predicted octanol–water partition coefficient (Wildman–Crippen LogP) is 0.136. The normalized spacial score (nSPS) is 16.3. The topological polar surface area (TPSA) is 121 Å². The quantitative estimate of drug-likeness (QED) is 0.376. The molecule has 0 aliphatic heterocycles. The maximum absolute atomic E-state index is 10.5. The van der Waals surface area contributed by atoms with Crippen molar-refractivity contribution in [3.05, 3.63) is 0 Å². The third-order valence-electron chi connectivity index (χ3n) is 1.88. The van der Waals surface area contributed by atoms with E-state index in [0.717, 1.165) is 0 Å². The second-order valence-electron chi connectivity index (χ2n) is 3.57. The summed E-state index contributed by atoms with van der Waals surface area (Å²) in [6.07, 6.45) is 0.666. The van der Waals surface area contributed by atoms with Gasteiger partial charge in [-0.15, -0.1) is 0 Å². The van der Waals surface area contributed by atoms with Gasteiger partial charge in [0, 0.05) is 6.16 Å². The molecule has 1 unspecified atom stereocenters. The van der Waals surface area contributed by atoms with Crippen LogP contribution in [0.4, 0.5) is 0 Å². The first kappa shape index (κ1) is 13.6. The van der Waals surface area contributed by atoms with Crippen LogP contribution in [0, 0.1) is 0 Å². The molecule has 0 aliphatic carbocycles. The second kappa shape index (κ2) is 4.89. The molecule has 6 nitrogen and oxygen atoms in total. The zero-order valence-electron chi connectivity index (χ0n) is 8.01. The SMILES string of the molecule is CC(N)(CCCCP(=O)(O)O)C(=O)O. The summed E-state index contributed by atoms with van der Waals surface area (Å²) in [7, 11) is -3.96. The van der Waals surface area contributed by atoms with Gasteiger partial charge in [0.1, 0.15) is 5.54 Å². The van der Waals surface area contributed by atoms with Gasteiger partial charge in [-0.1, -0.05) is 6.42 Å². The maximum atomic E-state index is 10.5. The van der Waals surface area contributed by atoms with E-state index >= 15 is 0 Å². The highest BCUT2D eigenvalue weighted by atomic mass is 31.2. The van der Waals surface area contributed by atoms with Gasteiger partial charge in [0.05, 0.1) is 0 Å². The van der Waals surface area contributed by atoms with Crippen molar-refractivity contribution in [1.29, 1.82) is 0 Å². The standard InChI is InChI=1S/C7H16NO5P/c1-7(8,6(9)10)4-2-3-5-14(11,12)13/h2-5,8H2,1H3,(H,9,10)(H2,11,12,13).